The summed E-state index contributed by atoms with van der Waals surface area (Å²) in [6.07, 6.45) is -4.21. The smallest absolute Gasteiger partial charge is 0.385 e. The third-order valence-corrected chi connectivity index (χ3v) is 4.00. The van der Waals surface area contributed by atoms with Gasteiger partial charge >= 0.3 is 12.2 Å². The fourth-order valence-corrected chi connectivity index (χ4v) is 2.51. The van der Waals surface area contributed by atoms with Crippen molar-refractivity contribution in [3.8, 4) is 0 Å². The molecule has 2 rings (SSSR count). The SMILES string of the molecule is COCCC(C)NC(=O)Nc1ccc(NC(=O)c2ccccc2)cc1C(F)(F)F. The summed E-state index contributed by atoms with van der Waals surface area (Å²) in [7, 11) is 1.51. The van der Waals surface area contributed by atoms with Crippen molar-refractivity contribution in [3.63, 3.8) is 0 Å². The monoisotopic (exact) mass is 409 g/mol. The van der Waals surface area contributed by atoms with Gasteiger partial charge in [-0.05, 0) is 43.7 Å². The normalized spacial score (nSPS) is 12.2. The molecule has 3 amide bonds. The lowest BCUT2D eigenvalue weighted by Gasteiger charge is -2.18. The molecule has 0 aliphatic rings. The van der Waals surface area contributed by atoms with Crippen molar-refractivity contribution in [3.05, 3.63) is 59.7 Å². The number of amides is 3. The first-order chi connectivity index (χ1) is 13.7. The lowest BCUT2D eigenvalue weighted by Crippen LogP contribution is -2.37. The zero-order chi connectivity index (χ0) is 21.4. The van der Waals surface area contributed by atoms with Crippen molar-refractivity contribution in [2.75, 3.05) is 24.4 Å². The molecule has 3 N–H and O–H groups in total. The Bertz CT molecular complexity index is 842. The Morgan fingerprint density at radius 2 is 1.76 bits per heavy atom. The lowest BCUT2D eigenvalue weighted by molar-refractivity contribution is -0.136. The Balaban J connectivity index is 2.15. The van der Waals surface area contributed by atoms with Gasteiger partial charge in [0.2, 0.25) is 0 Å². The molecule has 0 spiro atoms. The van der Waals surface area contributed by atoms with E-state index in [0.29, 0.717) is 18.6 Å². The van der Waals surface area contributed by atoms with Crippen LogP contribution in [0, 0.1) is 0 Å². The van der Waals surface area contributed by atoms with E-state index in [2.05, 4.69) is 16.0 Å². The van der Waals surface area contributed by atoms with Crippen LogP contribution in [-0.2, 0) is 10.9 Å². The van der Waals surface area contributed by atoms with Gasteiger partial charge in [-0.3, -0.25) is 4.79 Å². The molecule has 2 aromatic rings. The minimum absolute atomic E-state index is 0.0365. The van der Waals surface area contributed by atoms with Gasteiger partial charge in [-0.1, -0.05) is 18.2 Å². The molecule has 1 unspecified atom stereocenters. The zero-order valence-corrected chi connectivity index (χ0v) is 16.0. The fourth-order valence-electron chi connectivity index (χ4n) is 2.51. The summed E-state index contributed by atoms with van der Waals surface area (Å²) in [6.45, 7) is 2.12. The number of hydrogen-bond acceptors (Lipinski definition) is 3. The lowest BCUT2D eigenvalue weighted by atomic mass is 10.1. The van der Waals surface area contributed by atoms with Gasteiger partial charge in [0, 0.05) is 31.0 Å². The summed E-state index contributed by atoms with van der Waals surface area (Å²) in [5.41, 5.74) is -1.20. The molecule has 0 heterocycles. The topological polar surface area (TPSA) is 79.5 Å². The summed E-state index contributed by atoms with van der Waals surface area (Å²) in [5.74, 6) is -0.538. The van der Waals surface area contributed by atoms with E-state index in [-0.39, 0.29) is 11.7 Å². The number of nitrogens with one attached hydrogen (secondary N) is 3. The molecule has 29 heavy (non-hydrogen) atoms. The molecule has 0 aromatic heterocycles. The van der Waals surface area contributed by atoms with Crippen LogP contribution in [-0.4, -0.2) is 31.7 Å². The molecule has 0 bridgehead atoms. The van der Waals surface area contributed by atoms with Crippen molar-refractivity contribution < 1.29 is 27.5 Å². The van der Waals surface area contributed by atoms with Crippen LogP contribution in [0.25, 0.3) is 0 Å². The van der Waals surface area contributed by atoms with Gasteiger partial charge in [0.1, 0.15) is 0 Å². The van der Waals surface area contributed by atoms with Crippen LogP contribution in [0.5, 0.6) is 0 Å². The summed E-state index contributed by atoms with van der Waals surface area (Å²) in [5, 5.41) is 7.18. The Morgan fingerprint density at radius 1 is 1.07 bits per heavy atom. The Morgan fingerprint density at radius 3 is 2.38 bits per heavy atom. The average Bonchev–Trinajstić information content (AvgIpc) is 2.67. The van der Waals surface area contributed by atoms with E-state index in [1.165, 1.54) is 13.2 Å². The second-order valence-corrected chi connectivity index (χ2v) is 6.36. The number of urea groups is 1. The molecule has 156 valence electrons. The van der Waals surface area contributed by atoms with Crippen molar-refractivity contribution in [2.45, 2.75) is 25.6 Å². The van der Waals surface area contributed by atoms with Crippen LogP contribution < -0.4 is 16.0 Å². The van der Waals surface area contributed by atoms with Gasteiger partial charge in [0.05, 0.1) is 11.3 Å². The van der Waals surface area contributed by atoms with Crippen molar-refractivity contribution in [1.29, 1.82) is 0 Å². The number of hydrogen-bond donors (Lipinski definition) is 3. The number of carbonyl (C=O) groups is 2. The predicted molar refractivity (Wildman–Crippen MR) is 104 cm³/mol. The van der Waals surface area contributed by atoms with Gasteiger partial charge in [-0.15, -0.1) is 0 Å². The van der Waals surface area contributed by atoms with Gasteiger partial charge in [0.15, 0.2) is 0 Å². The number of alkyl halides is 3. The van der Waals surface area contributed by atoms with Crippen LogP contribution >= 0.6 is 0 Å². The second-order valence-electron chi connectivity index (χ2n) is 6.36. The van der Waals surface area contributed by atoms with Crippen LogP contribution in [0.1, 0.15) is 29.3 Å². The highest BCUT2D eigenvalue weighted by atomic mass is 19.4. The number of halogens is 3. The van der Waals surface area contributed by atoms with Crippen LogP contribution in [0.3, 0.4) is 0 Å². The van der Waals surface area contributed by atoms with E-state index >= 15 is 0 Å². The largest absolute Gasteiger partial charge is 0.418 e. The highest BCUT2D eigenvalue weighted by Gasteiger charge is 2.34. The molecule has 2 aromatic carbocycles. The minimum atomic E-state index is -4.72. The van der Waals surface area contributed by atoms with Crippen LogP contribution in [0.2, 0.25) is 0 Å². The number of ether oxygens (including phenoxy) is 1. The number of anilines is 2. The third-order valence-electron chi connectivity index (χ3n) is 4.00. The third kappa shape index (κ3) is 6.79. The molecule has 0 fully saturated rings. The summed E-state index contributed by atoms with van der Waals surface area (Å²) in [6, 6.07) is 10.2. The fraction of sp³-hybridized carbons (Fsp3) is 0.300. The van der Waals surface area contributed by atoms with E-state index in [1.54, 1.807) is 37.3 Å². The Kier molecular flexibility index (Phi) is 7.60. The van der Waals surface area contributed by atoms with Gasteiger partial charge < -0.3 is 20.7 Å². The van der Waals surface area contributed by atoms with Crippen molar-refractivity contribution >= 4 is 23.3 Å². The van der Waals surface area contributed by atoms with Crippen molar-refractivity contribution in [2.24, 2.45) is 0 Å². The standard InChI is InChI=1S/C20H22F3N3O3/c1-13(10-11-29-2)24-19(28)26-17-9-8-15(12-16(17)20(21,22)23)25-18(27)14-6-4-3-5-7-14/h3-9,12-13H,10-11H2,1-2H3,(H,25,27)(H2,24,26,28). The number of benzene rings is 2. The molecule has 0 aliphatic heterocycles. The van der Waals surface area contributed by atoms with Crippen LogP contribution in [0.15, 0.2) is 48.5 Å². The number of rotatable bonds is 7. The first-order valence-corrected chi connectivity index (χ1v) is 8.85. The van der Waals surface area contributed by atoms with Gasteiger partial charge in [-0.25, -0.2) is 4.79 Å². The molecule has 0 radical (unpaired) electrons. The maximum atomic E-state index is 13.5. The van der Waals surface area contributed by atoms with E-state index < -0.39 is 29.4 Å². The highest BCUT2D eigenvalue weighted by molar-refractivity contribution is 6.04. The van der Waals surface area contributed by atoms with Gasteiger partial charge in [-0.2, -0.15) is 13.2 Å². The quantitative estimate of drug-likeness (QED) is 0.630. The molecule has 1 atom stereocenters. The van der Waals surface area contributed by atoms with E-state index in [4.69, 9.17) is 4.74 Å². The van der Waals surface area contributed by atoms with E-state index in [0.717, 1.165) is 12.1 Å². The molecule has 0 saturated carbocycles. The maximum absolute atomic E-state index is 13.5. The molecular formula is C20H22F3N3O3. The zero-order valence-electron chi connectivity index (χ0n) is 16.0. The molecule has 0 aliphatic carbocycles. The second kappa shape index (κ2) is 9.92. The molecule has 0 saturated heterocycles. The molecular weight excluding hydrogens is 387 g/mol. The van der Waals surface area contributed by atoms with Crippen LogP contribution in [0.4, 0.5) is 29.3 Å². The molecule has 6 nitrogen and oxygen atoms in total. The predicted octanol–water partition coefficient (Wildman–Crippen LogP) is 4.50. The van der Waals surface area contributed by atoms with E-state index in [9.17, 15) is 22.8 Å². The first kappa shape index (κ1) is 22.2. The van der Waals surface area contributed by atoms with Gasteiger partial charge in [0.25, 0.3) is 5.91 Å². The summed E-state index contributed by atoms with van der Waals surface area (Å²) in [4.78, 5) is 24.2. The summed E-state index contributed by atoms with van der Waals surface area (Å²) < 4.78 is 45.3. The Hall–Kier alpha value is -3.07. The number of carbonyl (C=O) groups excluding carboxylic acids is 2. The Labute approximate surface area is 166 Å². The summed E-state index contributed by atoms with van der Waals surface area (Å²) >= 11 is 0. The minimum Gasteiger partial charge on any atom is -0.385 e. The van der Waals surface area contributed by atoms with Crippen molar-refractivity contribution in [1.82, 2.24) is 5.32 Å². The number of methoxy groups -OCH3 is 1. The maximum Gasteiger partial charge on any atom is 0.418 e. The molecule has 9 heteroatoms. The highest BCUT2D eigenvalue weighted by Crippen LogP contribution is 2.36. The average molecular weight is 409 g/mol. The van der Waals surface area contributed by atoms with E-state index in [1.807, 2.05) is 0 Å². The first-order valence-electron chi connectivity index (χ1n) is 8.85.